The van der Waals surface area contributed by atoms with E-state index < -0.39 is 21.3 Å². The first-order valence-corrected chi connectivity index (χ1v) is 16.3. The first kappa shape index (κ1) is 26.7. The van der Waals surface area contributed by atoms with Crippen LogP contribution in [0.1, 0.15) is 32.8 Å². The summed E-state index contributed by atoms with van der Waals surface area (Å²) in [6, 6.07) is 40.2. The molecule has 178 valence electrons. The van der Waals surface area contributed by atoms with E-state index in [2.05, 4.69) is 132 Å². The minimum atomic E-state index is -2.29. The van der Waals surface area contributed by atoms with E-state index in [0.29, 0.717) is 9.54 Å². The van der Waals surface area contributed by atoms with E-state index in [1.165, 1.54) is 27.8 Å². The molecule has 0 N–H and O–H groups in total. The minimum Gasteiger partial charge on any atom is -1.00 e. The molecule has 2 aliphatic carbocycles. The summed E-state index contributed by atoms with van der Waals surface area (Å²) >= 11 is -2.29. The van der Waals surface area contributed by atoms with Gasteiger partial charge in [-0.25, -0.2) is 0 Å². The molecule has 0 heterocycles. The van der Waals surface area contributed by atoms with Crippen LogP contribution >= 0.6 is 0 Å². The molecule has 0 bridgehead atoms. The van der Waals surface area contributed by atoms with Crippen molar-refractivity contribution in [2.45, 2.75) is 17.0 Å². The second-order valence-electron chi connectivity index (χ2n) is 9.33. The van der Waals surface area contributed by atoms with Crippen LogP contribution in [0.4, 0.5) is 0 Å². The van der Waals surface area contributed by atoms with Gasteiger partial charge >= 0.3 is 211 Å². The average Bonchev–Trinajstić information content (AvgIpc) is 3.44. The Kier molecular flexibility index (Phi) is 8.79. The zero-order valence-corrected chi connectivity index (χ0v) is 24.2. The molecule has 0 saturated carbocycles. The fraction of sp³-hybridized carbons (Fsp3) is 0.121. The van der Waals surface area contributed by atoms with Gasteiger partial charge in [-0.1, -0.05) is 0 Å². The average molecular weight is 587 g/mol. The Morgan fingerprint density at radius 3 is 1.81 bits per heavy atom. The van der Waals surface area contributed by atoms with Crippen LogP contribution in [-0.4, -0.2) is 3.71 Å². The zero-order chi connectivity index (χ0) is 22.9. The molecule has 0 nitrogen and oxygen atoms in total. The van der Waals surface area contributed by atoms with Crippen LogP contribution in [0.3, 0.4) is 0 Å². The van der Waals surface area contributed by atoms with Gasteiger partial charge in [0.15, 0.2) is 0 Å². The third-order valence-corrected chi connectivity index (χ3v) is 15.0. The van der Waals surface area contributed by atoms with Crippen LogP contribution in [0, 0.1) is 5.92 Å². The van der Waals surface area contributed by atoms with Gasteiger partial charge in [0.1, 0.15) is 0 Å². The number of allylic oxidation sites excluding steroid dienone is 4. The summed E-state index contributed by atoms with van der Waals surface area (Å²) in [5.74, 6) is 0.497. The van der Waals surface area contributed by atoms with Crippen molar-refractivity contribution in [3.63, 3.8) is 0 Å². The van der Waals surface area contributed by atoms with Crippen molar-refractivity contribution in [1.29, 1.82) is 0 Å². The van der Waals surface area contributed by atoms with E-state index in [1.807, 2.05) is 0 Å². The first-order chi connectivity index (χ1) is 16.8. The maximum absolute atomic E-state index is 2.77. The van der Waals surface area contributed by atoms with Gasteiger partial charge in [-0.05, 0) is 0 Å². The number of fused-ring (bicyclic) bond motifs is 3. The number of halogens is 2. The minimum absolute atomic E-state index is 0. The normalized spacial score (nSPS) is 15.8. The van der Waals surface area contributed by atoms with E-state index in [9.17, 15) is 0 Å². The summed E-state index contributed by atoms with van der Waals surface area (Å²) in [6.45, 7) is 2.41. The number of hydrogen-bond donors (Lipinski definition) is 0. The third kappa shape index (κ3) is 5.08. The molecule has 4 aromatic rings. The molecule has 0 spiro atoms. The van der Waals surface area contributed by atoms with Gasteiger partial charge in [-0.2, -0.15) is 0 Å². The van der Waals surface area contributed by atoms with Crippen molar-refractivity contribution in [1.82, 2.24) is 0 Å². The summed E-state index contributed by atoms with van der Waals surface area (Å²) < 4.78 is 5.02. The second-order valence-corrected chi connectivity index (χ2v) is 15.4. The Labute approximate surface area is 234 Å². The van der Waals surface area contributed by atoms with Gasteiger partial charge in [0.2, 0.25) is 0 Å². The monoisotopic (exact) mass is 584 g/mol. The quantitative estimate of drug-likeness (QED) is 0.336. The molecule has 2 aliphatic rings. The zero-order valence-electron chi connectivity index (χ0n) is 20.2. The molecule has 1 atom stereocenters. The smallest absolute Gasteiger partial charge is 1.00 e. The Balaban J connectivity index is 0.00000152. The van der Waals surface area contributed by atoms with Crippen LogP contribution in [0.25, 0.3) is 16.7 Å². The van der Waals surface area contributed by atoms with E-state index >= 15 is 0 Å². The van der Waals surface area contributed by atoms with Crippen LogP contribution < -0.4 is 24.8 Å². The van der Waals surface area contributed by atoms with Gasteiger partial charge in [0, 0.05) is 0 Å². The van der Waals surface area contributed by atoms with Gasteiger partial charge < -0.3 is 24.8 Å². The molecule has 0 amide bonds. The standard InChI is InChI=1S/C13H9.C12H11.C8H8.2ClH.Zr/c1-3-7-12-10(5-1)9-11-6-2-4-8-13(11)12;1-10-7-8-12(9-10)11-5-3-2-4-6-11;1-2-8-6-4-3-5-7-8;;;/h1-9H;2-6,8-10H,1H3;1,3-7H,2H2;2*1H;/q;;;;;+2/p-2. The van der Waals surface area contributed by atoms with Crippen LogP contribution in [0.15, 0.2) is 125 Å². The van der Waals surface area contributed by atoms with Gasteiger partial charge in [-0.15, -0.1) is 0 Å². The molecular weight excluding hydrogens is 558 g/mol. The van der Waals surface area contributed by atoms with E-state index in [1.54, 1.807) is 14.4 Å². The van der Waals surface area contributed by atoms with Crippen molar-refractivity contribution in [3.8, 4) is 11.1 Å². The van der Waals surface area contributed by atoms with Crippen molar-refractivity contribution in [2.24, 2.45) is 5.92 Å². The summed E-state index contributed by atoms with van der Waals surface area (Å²) in [5.41, 5.74) is 10.1. The Bertz CT molecular complexity index is 1390. The largest absolute Gasteiger partial charge is 1.00 e. The third-order valence-electron chi connectivity index (χ3n) is 7.22. The first-order valence-electron chi connectivity index (χ1n) is 12.2. The summed E-state index contributed by atoms with van der Waals surface area (Å²) in [6.07, 6.45) is 6.11. The maximum Gasteiger partial charge on any atom is -1.00 e. The van der Waals surface area contributed by atoms with Crippen molar-refractivity contribution in [3.05, 3.63) is 147 Å². The van der Waals surface area contributed by atoms with Gasteiger partial charge in [-0.3, -0.25) is 0 Å². The summed E-state index contributed by atoms with van der Waals surface area (Å²) in [5, 5.41) is 0. The van der Waals surface area contributed by atoms with E-state index in [0.717, 1.165) is 6.42 Å². The van der Waals surface area contributed by atoms with Crippen LogP contribution in [-0.2, 0) is 27.7 Å². The molecule has 0 saturated heterocycles. The predicted octanol–water partition coefficient (Wildman–Crippen LogP) is 2.04. The number of rotatable bonds is 5. The molecule has 0 aliphatic heterocycles. The molecule has 0 radical (unpaired) electrons. The van der Waals surface area contributed by atoms with Crippen LogP contribution in [0.5, 0.6) is 0 Å². The molecule has 1 unspecified atom stereocenters. The van der Waals surface area contributed by atoms with Crippen molar-refractivity contribution in [2.75, 3.05) is 0 Å². The molecule has 0 fully saturated rings. The molecule has 6 rings (SSSR count). The SMILES string of the molecule is CC1C=C(c2ccccc2)C=[C]1/[Zr+2](=[CH]/Cc1ccccc1)[CH]1c2ccccc2-c2ccccc21.[Cl-].[Cl-]. The van der Waals surface area contributed by atoms with E-state index in [-0.39, 0.29) is 24.8 Å². The van der Waals surface area contributed by atoms with Gasteiger partial charge in [0.05, 0.1) is 0 Å². The van der Waals surface area contributed by atoms with E-state index in [4.69, 9.17) is 0 Å². The summed E-state index contributed by atoms with van der Waals surface area (Å²) in [4.78, 5) is 0. The molecular formula is C33H28Cl2Zr. The second kappa shape index (κ2) is 11.8. The fourth-order valence-electron chi connectivity index (χ4n) is 5.60. The fourth-order valence-corrected chi connectivity index (χ4v) is 13.9. The Hall–Kier alpha value is -2.31. The van der Waals surface area contributed by atoms with Crippen molar-refractivity contribution >= 4 is 9.28 Å². The topological polar surface area (TPSA) is 0 Å². The predicted molar refractivity (Wildman–Crippen MR) is 142 cm³/mol. The summed E-state index contributed by atoms with van der Waals surface area (Å²) in [7, 11) is 0. The Morgan fingerprint density at radius 1 is 0.667 bits per heavy atom. The van der Waals surface area contributed by atoms with Crippen molar-refractivity contribution < 1.29 is 46.1 Å². The molecule has 0 aromatic heterocycles. The number of hydrogen-bond acceptors (Lipinski definition) is 0. The van der Waals surface area contributed by atoms with Gasteiger partial charge in [0.25, 0.3) is 0 Å². The number of benzene rings is 4. The molecule has 4 aromatic carbocycles. The Morgan fingerprint density at radius 2 is 1.19 bits per heavy atom. The maximum atomic E-state index is 2.77. The molecule has 36 heavy (non-hydrogen) atoms. The molecule has 3 heteroatoms. The van der Waals surface area contributed by atoms with Crippen LogP contribution in [0.2, 0.25) is 0 Å².